The van der Waals surface area contributed by atoms with Gasteiger partial charge >= 0.3 is 5.69 Å². The third-order valence-electron chi connectivity index (χ3n) is 8.85. The van der Waals surface area contributed by atoms with Crippen LogP contribution in [0, 0.1) is 5.82 Å². The second kappa shape index (κ2) is 11.4. The van der Waals surface area contributed by atoms with E-state index in [9.17, 15) is 14.0 Å². The standard InChI is InChI=1S/C36H33FN4O2/c37-27-16-14-25(15-17-27)23-40-24-31(29-10-4-6-12-33(29)40)30(26-8-2-1-3-9-26)22-35(42)39-20-18-28(19-21-39)41-34-13-7-5-11-32(34)38-36(41)43/h1-17,24,28,30H,18-23H2,(H,38,43). The van der Waals surface area contributed by atoms with E-state index in [1.165, 1.54) is 12.1 Å². The minimum absolute atomic E-state index is 0.0575. The first-order valence-electron chi connectivity index (χ1n) is 14.9. The van der Waals surface area contributed by atoms with Gasteiger partial charge in [-0.05, 0) is 59.9 Å². The second-order valence-electron chi connectivity index (χ2n) is 11.5. The summed E-state index contributed by atoms with van der Waals surface area (Å²) in [6.07, 6.45) is 3.99. The molecule has 0 radical (unpaired) electrons. The highest BCUT2D eigenvalue weighted by molar-refractivity contribution is 5.87. The fourth-order valence-corrected chi connectivity index (χ4v) is 6.68. The van der Waals surface area contributed by atoms with Gasteiger partial charge in [-0.15, -0.1) is 0 Å². The van der Waals surface area contributed by atoms with Crippen molar-refractivity contribution in [2.75, 3.05) is 13.1 Å². The fraction of sp³-hybridized carbons (Fsp3) is 0.222. The zero-order valence-electron chi connectivity index (χ0n) is 23.8. The Balaban J connectivity index is 1.15. The van der Waals surface area contributed by atoms with Crippen LogP contribution in [0.25, 0.3) is 21.9 Å². The second-order valence-corrected chi connectivity index (χ2v) is 11.5. The van der Waals surface area contributed by atoms with Gasteiger partial charge in [-0.25, -0.2) is 9.18 Å². The molecule has 7 heteroatoms. The maximum atomic E-state index is 13.9. The summed E-state index contributed by atoms with van der Waals surface area (Å²) in [5, 5.41) is 1.11. The molecule has 3 heterocycles. The number of imidazole rings is 1. The minimum Gasteiger partial charge on any atom is -0.343 e. The van der Waals surface area contributed by atoms with E-state index in [-0.39, 0.29) is 29.4 Å². The van der Waals surface area contributed by atoms with Gasteiger partial charge < -0.3 is 14.5 Å². The summed E-state index contributed by atoms with van der Waals surface area (Å²) in [6, 6.07) is 33.0. The Kier molecular flexibility index (Phi) is 7.15. The van der Waals surface area contributed by atoms with Crippen LogP contribution in [0.15, 0.2) is 114 Å². The van der Waals surface area contributed by atoms with Crippen molar-refractivity contribution in [3.63, 3.8) is 0 Å². The average Bonchev–Trinajstić information content (AvgIpc) is 3.58. The number of piperidine rings is 1. The molecule has 216 valence electrons. The third-order valence-corrected chi connectivity index (χ3v) is 8.85. The van der Waals surface area contributed by atoms with Gasteiger partial charge in [0.2, 0.25) is 5.91 Å². The topological polar surface area (TPSA) is 63.0 Å². The smallest absolute Gasteiger partial charge is 0.326 e. The molecule has 6 nitrogen and oxygen atoms in total. The number of para-hydroxylation sites is 3. The Bertz CT molecular complexity index is 1950. The average molecular weight is 573 g/mol. The van der Waals surface area contributed by atoms with E-state index in [0.717, 1.165) is 51.5 Å². The molecule has 1 aliphatic heterocycles. The SMILES string of the molecule is O=C(CC(c1ccccc1)c1cn(Cc2ccc(F)cc2)c2ccccc12)N1CCC(n2c(=O)[nH]c3ccccc32)CC1. The van der Waals surface area contributed by atoms with Gasteiger partial charge in [-0.1, -0.05) is 72.8 Å². The number of carbonyl (C=O) groups is 1. The molecule has 1 N–H and O–H groups in total. The lowest BCUT2D eigenvalue weighted by Crippen LogP contribution is -2.41. The number of halogens is 1. The number of aromatic amines is 1. The molecule has 1 fully saturated rings. The summed E-state index contributed by atoms with van der Waals surface area (Å²) < 4.78 is 17.6. The lowest BCUT2D eigenvalue weighted by atomic mass is 9.87. The van der Waals surface area contributed by atoms with E-state index in [4.69, 9.17) is 0 Å². The van der Waals surface area contributed by atoms with Gasteiger partial charge in [-0.2, -0.15) is 0 Å². The summed E-state index contributed by atoms with van der Waals surface area (Å²) in [7, 11) is 0. The molecule has 1 unspecified atom stereocenters. The number of benzene rings is 4. The molecule has 1 atom stereocenters. The van der Waals surface area contributed by atoms with Crippen molar-refractivity contribution in [1.29, 1.82) is 0 Å². The number of amides is 1. The highest BCUT2D eigenvalue weighted by atomic mass is 19.1. The van der Waals surface area contributed by atoms with Crippen molar-refractivity contribution in [2.45, 2.75) is 37.8 Å². The number of H-pyrrole nitrogens is 1. The predicted octanol–water partition coefficient (Wildman–Crippen LogP) is 6.86. The van der Waals surface area contributed by atoms with Crippen molar-refractivity contribution >= 4 is 27.8 Å². The van der Waals surface area contributed by atoms with Gasteiger partial charge in [0.15, 0.2) is 0 Å². The van der Waals surface area contributed by atoms with E-state index < -0.39 is 0 Å². The van der Waals surface area contributed by atoms with Crippen LogP contribution in [0.2, 0.25) is 0 Å². The van der Waals surface area contributed by atoms with Crippen LogP contribution in [-0.4, -0.2) is 38.0 Å². The van der Waals surface area contributed by atoms with Crippen LogP contribution in [0.1, 0.15) is 47.9 Å². The number of aromatic nitrogens is 3. The normalized spacial score (nSPS) is 14.9. The van der Waals surface area contributed by atoms with Crippen molar-refractivity contribution in [3.05, 3.63) is 142 Å². The summed E-state index contributed by atoms with van der Waals surface area (Å²) in [6.45, 7) is 1.84. The van der Waals surface area contributed by atoms with Gasteiger partial charge in [0.25, 0.3) is 0 Å². The van der Waals surface area contributed by atoms with Crippen LogP contribution < -0.4 is 5.69 Å². The van der Waals surface area contributed by atoms with Gasteiger partial charge in [0.1, 0.15) is 5.82 Å². The number of carbonyl (C=O) groups excluding carboxylic acids is 1. The largest absolute Gasteiger partial charge is 0.343 e. The van der Waals surface area contributed by atoms with Crippen molar-refractivity contribution < 1.29 is 9.18 Å². The maximum Gasteiger partial charge on any atom is 0.326 e. The fourth-order valence-electron chi connectivity index (χ4n) is 6.68. The van der Waals surface area contributed by atoms with Crippen LogP contribution >= 0.6 is 0 Å². The van der Waals surface area contributed by atoms with Crippen molar-refractivity contribution in [2.24, 2.45) is 0 Å². The molecule has 0 spiro atoms. The number of rotatable bonds is 7. The van der Waals surface area contributed by atoms with Crippen LogP contribution in [0.4, 0.5) is 4.39 Å². The summed E-state index contributed by atoms with van der Waals surface area (Å²) in [5.74, 6) is -0.252. The maximum absolute atomic E-state index is 13.9. The number of fused-ring (bicyclic) bond motifs is 2. The Hall–Kier alpha value is -4.91. The van der Waals surface area contributed by atoms with E-state index in [1.807, 2.05) is 76.2 Å². The van der Waals surface area contributed by atoms with Gasteiger partial charge in [0, 0.05) is 55.1 Å². The minimum atomic E-state index is -0.248. The number of likely N-dealkylation sites (tertiary alicyclic amines) is 1. The van der Waals surface area contributed by atoms with Crippen LogP contribution in [0.5, 0.6) is 0 Å². The summed E-state index contributed by atoms with van der Waals surface area (Å²) in [4.78, 5) is 31.6. The zero-order valence-corrected chi connectivity index (χ0v) is 23.8. The van der Waals surface area contributed by atoms with E-state index in [1.54, 1.807) is 0 Å². The van der Waals surface area contributed by atoms with E-state index in [2.05, 4.69) is 40.0 Å². The highest BCUT2D eigenvalue weighted by Crippen LogP contribution is 2.36. The molecule has 6 aromatic rings. The van der Waals surface area contributed by atoms with Crippen molar-refractivity contribution in [1.82, 2.24) is 19.0 Å². The number of hydrogen-bond acceptors (Lipinski definition) is 2. The molecular formula is C36H33FN4O2. The molecule has 0 saturated carbocycles. The molecule has 1 aliphatic rings. The van der Waals surface area contributed by atoms with Crippen LogP contribution in [-0.2, 0) is 11.3 Å². The number of nitrogens with zero attached hydrogens (tertiary/aromatic N) is 3. The number of nitrogens with one attached hydrogen (secondary N) is 1. The molecule has 7 rings (SSSR count). The molecule has 1 amide bonds. The molecule has 1 saturated heterocycles. The summed E-state index contributed by atoms with van der Waals surface area (Å²) in [5.41, 5.74) is 5.97. The molecule has 43 heavy (non-hydrogen) atoms. The van der Waals surface area contributed by atoms with Gasteiger partial charge in [-0.3, -0.25) is 9.36 Å². The highest BCUT2D eigenvalue weighted by Gasteiger charge is 2.29. The molecular weight excluding hydrogens is 539 g/mol. The lowest BCUT2D eigenvalue weighted by Gasteiger charge is -2.33. The molecule has 4 aromatic carbocycles. The first-order chi connectivity index (χ1) is 21.0. The van der Waals surface area contributed by atoms with E-state index >= 15 is 0 Å². The number of hydrogen-bond donors (Lipinski definition) is 1. The Labute approximate surface area is 249 Å². The quantitative estimate of drug-likeness (QED) is 0.227. The lowest BCUT2D eigenvalue weighted by molar-refractivity contribution is -0.132. The molecule has 2 aromatic heterocycles. The Morgan fingerprint density at radius 3 is 2.28 bits per heavy atom. The first kappa shape index (κ1) is 27.0. The Morgan fingerprint density at radius 1 is 0.837 bits per heavy atom. The predicted molar refractivity (Wildman–Crippen MR) is 168 cm³/mol. The van der Waals surface area contributed by atoms with Crippen LogP contribution in [0.3, 0.4) is 0 Å². The molecule has 0 aliphatic carbocycles. The van der Waals surface area contributed by atoms with Gasteiger partial charge in [0.05, 0.1) is 11.0 Å². The Morgan fingerprint density at radius 2 is 1.51 bits per heavy atom. The molecule has 0 bridgehead atoms. The van der Waals surface area contributed by atoms with E-state index in [0.29, 0.717) is 26.1 Å². The zero-order chi connectivity index (χ0) is 29.3. The summed E-state index contributed by atoms with van der Waals surface area (Å²) >= 11 is 0. The monoisotopic (exact) mass is 572 g/mol. The first-order valence-corrected chi connectivity index (χ1v) is 14.9. The van der Waals surface area contributed by atoms with Crippen molar-refractivity contribution in [3.8, 4) is 0 Å². The third kappa shape index (κ3) is 5.27.